The molecule has 1 amide bonds. The van der Waals surface area contributed by atoms with Crippen LogP contribution in [-0.2, 0) is 4.79 Å². The Hall–Kier alpha value is -0.570. The second-order valence-electron chi connectivity index (χ2n) is 7.32. The Balaban J connectivity index is 1.80. The number of rotatable bonds is 5. The molecule has 0 aromatic carbocycles. The first-order valence-corrected chi connectivity index (χ1v) is 9.15. The van der Waals surface area contributed by atoms with Crippen molar-refractivity contribution in [1.82, 2.24) is 4.90 Å². The molecule has 122 valence electrons. The van der Waals surface area contributed by atoms with E-state index in [-0.39, 0.29) is 18.0 Å². The third-order valence-electron chi connectivity index (χ3n) is 5.79. The number of likely N-dealkylation sites (N-methyl/N-ethyl adjacent to an activating group) is 1. The lowest BCUT2D eigenvalue weighted by Crippen LogP contribution is -2.51. The summed E-state index contributed by atoms with van der Waals surface area (Å²) < 4.78 is 0. The highest BCUT2D eigenvalue weighted by Gasteiger charge is 2.33. The van der Waals surface area contributed by atoms with Gasteiger partial charge in [0.25, 0.3) is 0 Å². The Bertz CT molecular complexity index is 323. The first-order valence-electron chi connectivity index (χ1n) is 9.15. The predicted molar refractivity (Wildman–Crippen MR) is 88.0 cm³/mol. The van der Waals surface area contributed by atoms with Crippen LogP contribution in [-0.4, -0.2) is 29.9 Å². The summed E-state index contributed by atoms with van der Waals surface area (Å²) in [6.07, 6.45) is 13.3. The molecule has 0 aromatic heterocycles. The highest BCUT2D eigenvalue weighted by molar-refractivity contribution is 5.79. The van der Waals surface area contributed by atoms with Gasteiger partial charge in [-0.3, -0.25) is 4.79 Å². The molecule has 2 fully saturated rings. The molecule has 21 heavy (non-hydrogen) atoms. The third-order valence-corrected chi connectivity index (χ3v) is 5.79. The first-order chi connectivity index (χ1) is 10.1. The highest BCUT2D eigenvalue weighted by Crippen LogP contribution is 2.33. The van der Waals surface area contributed by atoms with Gasteiger partial charge in [-0.15, -0.1) is 0 Å². The molecule has 2 unspecified atom stereocenters. The molecule has 0 radical (unpaired) electrons. The molecular weight excluding hydrogens is 260 g/mol. The van der Waals surface area contributed by atoms with E-state index >= 15 is 0 Å². The van der Waals surface area contributed by atoms with Gasteiger partial charge in [0.15, 0.2) is 0 Å². The number of amides is 1. The monoisotopic (exact) mass is 294 g/mol. The Kier molecular flexibility index (Phi) is 6.53. The molecule has 0 bridgehead atoms. The molecule has 0 spiro atoms. The van der Waals surface area contributed by atoms with Crippen LogP contribution in [0.1, 0.15) is 77.6 Å². The molecule has 3 heteroatoms. The van der Waals surface area contributed by atoms with Crippen molar-refractivity contribution in [2.24, 2.45) is 17.6 Å². The normalized spacial score (nSPS) is 33.7. The first kappa shape index (κ1) is 16.8. The molecule has 0 heterocycles. The summed E-state index contributed by atoms with van der Waals surface area (Å²) in [4.78, 5) is 14.7. The van der Waals surface area contributed by atoms with Gasteiger partial charge in [0, 0.05) is 25.0 Å². The lowest BCUT2D eigenvalue weighted by atomic mass is 9.79. The molecular formula is C18H34N2O. The molecule has 0 aromatic rings. The van der Waals surface area contributed by atoms with Gasteiger partial charge in [0.1, 0.15) is 0 Å². The van der Waals surface area contributed by atoms with Gasteiger partial charge in [-0.05, 0) is 44.4 Å². The van der Waals surface area contributed by atoms with Gasteiger partial charge >= 0.3 is 0 Å². The average molecular weight is 294 g/mol. The molecule has 2 rings (SSSR count). The molecule has 0 aliphatic heterocycles. The SMILES string of the molecule is CCCCC1CCC(C(=O)N(C)C2CCCCC2N)CC1. The smallest absolute Gasteiger partial charge is 0.225 e. The van der Waals surface area contributed by atoms with Gasteiger partial charge in [-0.2, -0.15) is 0 Å². The fourth-order valence-corrected chi connectivity index (χ4v) is 4.26. The summed E-state index contributed by atoms with van der Waals surface area (Å²) in [6.45, 7) is 2.26. The number of nitrogens with zero attached hydrogens (tertiary/aromatic N) is 1. The molecule has 2 aliphatic rings. The van der Waals surface area contributed by atoms with Crippen molar-refractivity contribution in [2.45, 2.75) is 89.6 Å². The maximum Gasteiger partial charge on any atom is 0.225 e. The minimum atomic E-state index is 0.189. The van der Waals surface area contributed by atoms with E-state index in [0.29, 0.717) is 5.91 Å². The minimum absolute atomic E-state index is 0.189. The zero-order valence-electron chi connectivity index (χ0n) is 14.0. The van der Waals surface area contributed by atoms with Crippen molar-refractivity contribution < 1.29 is 4.79 Å². The lowest BCUT2D eigenvalue weighted by Gasteiger charge is -2.39. The molecule has 3 nitrogen and oxygen atoms in total. The largest absolute Gasteiger partial charge is 0.341 e. The zero-order valence-corrected chi connectivity index (χ0v) is 14.0. The zero-order chi connectivity index (χ0) is 15.2. The average Bonchev–Trinajstić information content (AvgIpc) is 2.52. The summed E-state index contributed by atoms with van der Waals surface area (Å²) in [6, 6.07) is 0.470. The molecule has 2 atom stereocenters. The van der Waals surface area contributed by atoms with Gasteiger partial charge < -0.3 is 10.6 Å². The van der Waals surface area contributed by atoms with E-state index in [4.69, 9.17) is 5.73 Å². The van der Waals surface area contributed by atoms with Crippen LogP contribution in [0.4, 0.5) is 0 Å². The summed E-state index contributed by atoms with van der Waals surface area (Å²) >= 11 is 0. The Morgan fingerprint density at radius 1 is 1.10 bits per heavy atom. The van der Waals surface area contributed by atoms with E-state index in [1.54, 1.807) is 0 Å². The van der Waals surface area contributed by atoms with Crippen molar-refractivity contribution in [3.05, 3.63) is 0 Å². The number of unbranched alkanes of at least 4 members (excludes halogenated alkanes) is 1. The highest BCUT2D eigenvalue weighted by atomic mass is 16.2. The summed E-state index contributed by atoms with van der Waals surface area (Å²) in [5, 5.41) is 0. The van der Waals surface area contributed by atoms with Crippen LogP contribution in [0.25, 0.3) is 0 Å². The Labute approximate surface area is 130 Å². The summed E-state index contributed by atoms with van der Waals surface area (Å²) in [5.41, 5.74) is 6.23. The third kappa shape index (κ3) is 4.45. The van der Waals surface area contributed by atoms with Crippen LogP contribution in [0.2, 0.25) is 0 Å². The van der Waals surface area contributed by atoms with E-state index in [0.717, 1.165) is 31.6 Å². The fraction of sp³-hybridized carbons (Fsp3) is 0.944. The molecule has 2 saturated carbocycles. The molecule has 2 N–H and O–H groups in total. The van der Waals surface area contributed by atoms with Crippen molar-refractivity contribution in [3.63, 3.8) is 0 Å². The van der Waals surface area contributed by atoms with Crippen molar-refractivity contribution in [3.8, 4) is 0 Å². The standard InChI is InChI=1S/C18H34N2O/c1-3-4-7-14-10-12-15(13-11-14)18(21)20(2)17-9-6-5-8-16(17)19/h14-17H,3-13,19H2,1-2H3. The van der Waals surface area contributed by atoms with Crippen LogP contribution in [0.5, 0.6) is 0 Å². The number of carbonyl (C=O) groups is 1. The van der Waals surface area contributed by atoms with Crippen molar-refractivity contribution >= 4 is 5.91 Å². The van der Waals surface area contributed by atoms with E-state index in [2.05, 4.69) is 6.92 Å². The van der Waals surface area contributed by atoms with Gasteiger partial charge in [0.2, 0.25) is 5.91 Å². The van der Waals surface area contributed by atoms with Gasteiger partial charge in [-0.25, -0.2) is 0 Å². The second-order valence-corrected chi connectivity index (χ2v) is 7.32. The van der Waals surface area contributed by atoms with E-state index in [9.17, 15) is 4.79 Å². The minimum Gasteiger partial charge on any atom is -0.341 e. The van der Waals surface area contributed by atoms with Crippen LogP contribution < -0.4 is 5.73 Å². The van der Waals surface area contributed by atoms with Crippen molar-refractivity contribution in [2.75, 3.05) is 7.05 Å². The van der Waals surface area contributed by atoms with Gasteiger partial charge in [-0.1, -0.05) is 39.0 Å². The maximum atomic E-state index is 12.7. The summed E-state index contributed by atoms with van der Waals surface area (Å²) in [7, 11) is 1.99. The fourth-order valence-electron chi connectivity index (χ4n) is 4.26. The topological polar surface area (TPSA) is 46.3 Å². The number of hydrogen-bond donors (Lipinski definition) is 1. The van der Waals surface area contributed by atoms with Gasteiger partial charge in [0.05, 0.1) is 0 Å². The van der Waals surface area contributed by atoms with Crippen LogP contribution in [0, 0.1) is 11.8 Å². The summed E-state index contributed by atoms with van der Waals surface area (Å²) in [5.74, 6) is 1.50. The van der Waals surface area contributed by atoms with Crippen LogP contribution >= 0.6 is 0 Å². The Morgan fingerprint density at radius 3 is 2.38 bits per heavy atom. The van der Waals surface area contributed by atoms with E-state index in [1.165, 1.54) is 44.9 Å². The number of carbonyl (C=O) groups excluding carboxylic acids is 1. The number of nitrogens with two attached hydrogens (primary N) is 1. The lowest BCUT2D eigenvalue weighted by molar-refractivity contribution is -0.138. The van der Waals surface area contributed by atoms with Crippen molar-refractivity contribution in [1.29, 1.82) is 0 Å². The Morgan fingerprint density at radius 2 is 1.76 bits per heavy atom. The maximum absolute atomic E-state index is 12.7. The van der Waals surface area contributed by atoms with Crippen LogP contribution in [0.15, 0.2) is 0 Å². The molecule has 0 saturated heterocycles. The van der Waals surface area contributed by atoms with E-state index < -0.39 is 0 Å². The van der Waals surface area contributed by atoms with Crippen LogP contribution in [0.3, 0.4) is 0 Å². The van der Waals surface area contributed by atoms with E-state index in [1.807, 2.05) is 11.9 Å². The predicted octanol–water partition coefficient (Wildman–Crippen LogP) is 3.71. The molecule has 2 aliphatic carbocycles. The second kappa shape index (κ2) is 8.17. The quantitative estimate of drug-likeness (QED) is 0.840. The number of hydrogen-bond acceptors (Lipinski definition) is 2.